The number of aliphatic hydroxyl groups excluding tert-OH is 1. The number of carbonyl (C=O) groups excluding carboxylic acids is 2. The molecule has 332 valence electrons. The number of hydrogen-bond donors (Lipinski definition) is 4. The van der Waals surface area contributed by atoms with Crippen LogP contribution in [0.2, 0.25) is 0 Å². The largest absolute Gasteiger partial charge is 0.472 e. The summed E-state index contributed by atoms with van der Waals surface area (Å²) in [6.07, 6.45) is 30.4. The molecule has 0 amide bonds. The molecule has 1 saturated heterocycles. The standard InChI is InChI=1S/C41H74O14P2/c1-4-5-6-7-8-10-14-17-22-27-38-39(55-38)28-23-19-20-25-30-41(44)54-37(34-53-57(48,49)52-32-36(42)31-51-56(45,46)47)33-50-40(43)29-24-18-15-12-9-11-13-16-21-26-35(2)3/h8,10,17,19,22-23,35-39,42H,4-7,9,11-16,18,20-21,24-34H2,1-3H3,(H,48,49)(H2,45,46,47)/b10-8-,22-17-,23-19-/t36-,37+,38?,39?/m0/s1. The van der Waals surface area contributed by atoms with Gasteiger partial charge >= 0.3 is 27.6 Å². The summed E-state index contributed by atoms with van der Waals surface area (Å²) in [4.78, 5) is 52.6. The predicted molar refractivity (Wildman–Crippen MR) is 220 cm³/mol. The third kappa shape index (κ3) is 34.8. The number of carbonyl (C=O) groups is 2. The first-order chi connectivity index (χ1) is 27.2. The topological polar surface area (TPSA) is 208 Å². The van der Waals surface area contributed by atoms with Crippen LogP contribution < -0.4 is 0 Å². The molecule has 3 unspecified atom stereocenters. The molecule has 1 heterocycles. The lowest BCUT2D eigenvalue weighted by Crippen LogP contribution is -2.29. The third-order valence-electron chi connectivity index (χ3n) is 9.10. The van der Waals surface area contributed by atoms with E-state index in [4.69, 9.17) is 28.5 Å². The number of phosphoric acid groups is 2. The number of epoxide rings is 1. The molecule has 5 atom stereocenters. The van der Waals surface area contributed by atoms with E-state index in [9.17, 15) is 28.7 Å². The van der Waals surface area contributed by atoms with Crippen LogP contribution in [-0.4, -0.2) is 82.6 Å². The van der Waals surface area contributed by atoms with Crippen LogP contribution in [0.3, 0.4) is 0 Å². The summed E-state index contributed by atoms with van der Waals surface area (Å²) in [6, 6.07) is 0. The number of rotatable bonds is 38. The lowest BCUT2D eigenvalue weighted by atomic mass is 10.0. The van der Waals surface area contributed by atoms with Gasteiger partial charge < -0.3 is 34.0 Å². The first-order valence-corrected chi connectivity index (χ1v) is 24.2. The van der Waals surface area contributed by atoms with Crippen LogP contribution in [-0.2, 0) is 46.5 Å². The van der Waals surface area contributed by atoms with Gasteiger partial charge in [-0.1, -0.05) is 128 Å². The molecule has 1 fully saturated rings. The molecular weight excluding hydrogens is 778 g/mol. The molecule has 0 spiro atoms. The lowest BCUT2D eigenvalue weighted by molar-refractivity contribution is -0.161. The van der Waals surface area contributed by atoms with E-state index < -0.39 is 66.2 Å². The van der Waals surface area contributed by atoms with Crippen molar-refractivity contribution in [2.75, 3.05) is 26.4 Å². The molecule has 1 aliphatic heterocycles. The van der Waals surface area contributed by atoms with E-state index >= 15 is 0 Å². The fourth-order valence-electron chi connectivity index (χ4n) is 5.74. The highest BCUT2D eigenvalue weighted by Crippen LogP contribution is 2.44. The number of phosphoric ester groups is 2. The molecule has 0 aromatic heterocycles. The number of aliphatic hydroxyl groups is 1. The maximum Gasteiger partial charge on any atom is 0.472 e. The van der Waals surface area contributed by atoms with Gasteiger partial charge in [0.25, 0.3) is 0 Å². The Hall–Kier alpha value is -1.70. The Balaban J connectivity index is 2.42. The number of unbranched alkanes of at least 4 members (excludes halogenated alkanes) is 12. The molecule has 0 bridgehead atoms. The molecule has 1 aliphatic rings. The Labute approximate surface area is 342 Å². The van der Waals surface area contributed by atoms with Crippen molar-refractivity contribution in [1.82, 2.24) is 0 Å². The van der Waals surface area contributed by atoms with Gasteiger partial charge in [-0.2, -0.15) is 0 Å². The number of ether oxygens (including phenoxy) is 3. The normalized spacial score (nSPS) is 18.1. The van der Waals surface area contributed by atoms with Gasteiger partial charge in [0.1, 0.15) is 12.7 Å². The highest BCUT2D eigenvalue weighted by molar-refractivity contribution is 7.47. The maximum atomic E-state index is 12.7. The van der Waals surface area contributed by atoms with Crippen molar-refractivity contribution < 1.29 is 66.3 Å². The summed E-state index contributed by atoms with van der Waals surface area (Å²) in [5.41, 5.74) is 0. The number of allylic oxidation sites excluding steroid dienone is 4. The van der Waals surface area contributed by atoms with Gasteiger partial charge in [0.05, 0.1) is 32.0 Å². The maximum absolute atomic E-state index is 12.7. The monoisotopic (exact) mass is 852 g/mol. The van der Waals surface area contributed by atoms with Crippen LogP contribution in [0.1, 0.15) is 156 Å². The second-order valence-electron chi connectivity index (χ2n) is 15.1. The number of hydrogen-bond acceptors (Lipinski definition) is 11. The zero-order chi connectivity index (χ0) is 42.2. The minimum absolute atomic E-state index is 0.0478. The highest BCUT2D eigenvalue weighted by atomic mass is 31.2. The second-order valence-corrected chi connectivity index (χ2v) is 17.8. The van der Waals surface area contributed by atoms with Crippen molar-refractivity contribution >= 4 is 27.6 Å². The van der Waals surface area contributed by atoms with E-state index in [1.54, 1.807) is 0 Å². The second kappa shape index (κ2) is 33.1. The van der Waals surface area contributed by atoms with E-state index in [0.717, 1.165) is 50.9 Å². The summed E-state index contributed by atoms with van der Waals surface area (Å²) in [5, 5.41) is 9.74. The van der Waals surface area contributed by atoms with E-state index in [1.807, 2.05) is 12.2 Å². The van der Waals surface area contributed by atoms with Crippen LogP contribution in [0.4, 0.5) is 0 Å². The molecular formula is C41H74O14P2. The molecule has 0 radical (unpaired) electrons. The van der Waals surface area contributed by atoms with Gasteiger partial charge in [0.15, 0.2) is 6.10 Å². The van der Waals surface area contributed by atoms with Crippen molar-refractivity contribution in [3.05, 3.63) is 36.5 Å². The van der Waals surface area contributed by atoms with Crippen LogP contribution in [0.5, 0.6) is 0 Å². The van der Waals surface area contributed by atoms with Gasteiger partial charge in [-0.25, -0.2) is 9.13 Å². The van der Waals surface area contributed by atoms with Crippen LogP contribution in [0.25, 0.3) is 0 Å². The van der Waals surface area contributed by atoms with Crippen molar-refractivity contribution in [3.8, 4) is 0 Å². The minimum Gasteiger partial charge on any atom is -0.462 e. The van der Waals surface area contributed by atoms with Crippen molar-refractivity contribution in [1.29, 1.82) is 0 Å². The van der Waals surface area contributed by atoms with Crippen molar-refractivity contribution in [2.45, 2.75) is 180 Å². The average Bonchev–Trinajstić information content (AvgIpc) is 3.91. The molecule has 14 nitrogen and oxygen atoms in total. The quantitative estimate of drug-likeness (QED) is 0.0150. The molecule has 0 aliphatic carbocycles. The van der Waals surface area contributed by atoms with Gasteiger partial charge in [0, 0.05) is 12.8 Å². The first kappa shape index (κ1) is 53.3. The Morgan fingerprint density at radius 1 is 0.649 bits per heavy atom. The fourth-order valence-corrected chi connectivity index (χ4v) is 6.90. The van der Waals surface area contributed by atoms with Crippen molar-refractivity contribution in [3.63, 3.8) is 0 Å². The highest BCUT2D eigenvalue weighted by Gasteiger charge is 2.36. The van der Waals surface area contributed by atoms with Crippen LogP contribution in [0.15, 0.2) is 36.5 Å². The molecule has 16 heteroatoms. The molecule has 0 saturated carbocycles. The Morgan fingerprint density at radius 3 is 1.84 bits per heavy atom. The SMILES string of the molecule is CCCCC/C=C\C/C=C\CC1OC1C/C=C\CCCC(=O)O[C@H](COC(=O)CCCCCCCCCCCC(C)C)COP(=O)(O)OC[C@@H](O)COP(=O)(O)O. The van der Waals surface area contributed by atoms with E-state index in [-0.39, 0.29) is 25.0 Å². The number of esters is 2. The molecule has 4 N–H and O–H groups in total. The summed E-state index contributed by atoms with van der Waals surface area (Å²) < 4.78 is 53.4. The molecule has 0 aromatic carbocycles. The Morgan fingerprint density at radius 2 is 1.19 bits per heavy atom. The fraction of sp³-hybridized carbons (Fsp3) is 0.805. The summed E-state index contributed by atoms with van der Waals surface area (Å²) in [7, 11) is -9.69. The summed E-state index contributed by atoms with van der Waals surface area (Å²) in [5.74, 6) is -0.350. The van der Waals surface area contributed by atoms with Gasteiger partial charge in [-0.15, -0.1) is 0 Å². The van der Waals surface area contributed by atoms with E-state index in [2.05, 4.69) is 54.1 Å². The minimum atomic E-state index is -4.87. The lowest BCUT2D eigenvalue weighted by Gasteiger charge is -2.20. The van der Waals surface area contributed by atoms with E-state index in [1.165, 1.54) is 57.8 Å². The summed E-state index contributed by atoms with van der Waals surface area (Å²) in [6.45, 7) is 3.92. The van der Waals surface area contributed by atoms with Gasteiger partial charge in [-0.3, -0.25) is 23.2 Å². The van der Waals surface area contributed by atoms with Gasteiger partial charge in [0.2, 0.25) is 0 Å². The van der Waals surface area contributed by atoms with Crippen LogP contribution in [0, 0.1) is 5.92 Å². The van der Waals surface area contributed by atoms with Crippen molar-refractivity contribution in [2.24, 2.45) is 5.92 Å². The molecule has 0 aromatic rings. The molecule has 57 heavy (non-hydrogen) atoms. The van der Waals surface area contributed by atoms with Crippen LogP contribution >= 0.6 is 15.6 Å². The zero-order valence-electron chi connectivity index (χ0n) is 34.8. The molecule has 1 rings (SSSR count). The van der Waals surface area contributed by atoms with E-state index in [0.29, 0.717) is 19.3 Å². The summed E-state index contributed by atoms with van der Waals surface area (Å²) >= 11 is 0. The zero-order valence-corrected chi connectivity index (χ0v) is 36.6. The predicted octanol–water partition coefficient (Wildman–Crippen LogP) is 9.35. The van der Waals surface area contributed by atoms with Gasteiger partial charge in [-0.05, 0) is 57.3 Å². The average molecular weight is 853 g/mol. The third-order valence-corrected chi connectivity index (χ3v) is 10.5. The first-order valence-electron chi connectivity index (χ1n) is 21.2. The smallest absolute Gasteiger partial charge is 0.462 e. The Kier molecular flexibility index (Phi) is 30.9. The Bertz CT molecular complexity index is 1230.